The van der Waals surface area contributed by atoms with Gasteiger partial charge in [0.15, 0.2) is 11.5 Å². The molecule has 172 valence electrons. The third-order valence-corrected chi connectivity index (χ3v) is 5.84. The lowest BCUT2D eigenvalue weighted by Gasteiger charge is -2.16. The number of sulfonamides is 1. The normalized spacial score (nSPS) is 11.2. The van der Waals surface area contributed by atoms with Gasteiger partial charge in [-0.2, -0.15) is 0 Å². The molecule has 0 fully saturated rings. The van der Waals surface area contributed by atoms with Crippen molar-refractivity contribution in [1.29, 1.82) is 0 Å². The van der Waals surface area contributed by atoms with Crippen LogP contribution in [0.15, 0.2) is 41.3 Å². The summed E-state index contributed by atoms with van der Waals surface area (Å²) in [6.07, 6.45) is 3.95. The van der Waals surface area contributed by atoms with Gasteiger partial charge in [0.1, 0.15) is 4.90 Å². The Hall–Kier alpha value is -3.53. The van der Waals surface area contributed by atoms with Crippen LogP contribution < -0.4 is 14.2 Å². The maximum atomic E-state index is 13.2. The Balaban J connectivity index is 2.59. The van der Waals surface area contributed by atoms with E-state index in [1.54, 1.807) is 6.07 Å². The minimum Gasteiger partial charge on any atom is -0.493 e. The van der Waals surface area contributed by atoms with Gasteiger partial charge in [-0.25, -0.2) is 18.0 Å². The first kappa shape index (κ1) is 24.7. The molecule has 0 heterocycles. The van der Waals surface area contributed by atoms with Crippen LogP contribution in [0.5, 0.6) is 11.5 Å². The van der Waals surface area contributed by atoms with E-state index in [2.05, 4.69) is 9.46 Å². The Kier molecular flexibility index (Phi) is 8.25. The van der Waals surface area contributed by atoms with E-state index in [0.29, 0.717) is 12.0 Å². The van der Waals surface area contributed by atoms with Crippen molar-refractivity contribution in [2.45, 2.75) is 24.7 Å². The summed E-state index contributed by atoms with van der Waals surface area (Å²) < 4.78 is 43.8. The monoisotopic (exact) mass is 463 g/mol. The van der Waals surface area contributed by atoms with Crippen LogP contribution in [-0.2, 0) is 26.0 Å². The number of carbonyl (C=O) groups is 2. The van der Waals surface area contributed by atoms with Gasteiger partial charge in [-0.3, -0.25) is 4.72 Å². The average Bonchev–Trinajstić information content (AvgIpc) is 2.77. The lowest BCUT2D eigenvalue weighted by Crippen LogP contribution is -2.17. The van der Waals surface area contributed by atoms with Crippen LogP contribution >= 0.6 is 0 Å². The number of nitrogens with one attached hydrogen (secondary N) is 1. The second-order valence-electron chi connectivity index (χ2n) is 6.65. The van der Waals surface area contributed by atoms with Gasteiger partial charge in [0, 0.05) is 6.08 Å². The zero-order chi connectivity index (χ0) is 23.9. The predicted molar refractivity (Wildman–Crippen MR) is 119 cm³/mol. The van der Waals surface area contributed by atoms with Crippen LogP contribution in [0.4, 0.5) is 5.69 Å². The highest BCUT2D eigenvalue weighted by Crippen LogP contribution is 2.37. The molecule has 0 unspecified atom stereocenters. The number of carboxylic acids is 1. The zero-order valence-electron chi connectivity index (χ0n) is 18.2. The zero-order valence-corrected chi connectivity index (χ0v) is 19.0. The summed E-state index contributed by atoms with van der Waals surface area (Å²) in [6, 6.07) is 7.28. The van der Waals surface area contributed by atoms with Crippen molar-refractivity contribution in [3.8, 4) is 11.5 Å². The quantitative estimate of drug-likeness (QED) is 0.406. The van der Waals surface area contributed by atoms with Crippen LogP contribution in [0.1, 0.15) is 34.8 Å². The minimum absolute atomic E-state index is 0.0744. The number of rotatable bonds is 10. The number of ether oxygens (including phenoxy) is 3. The summed E-state index contributed by atoms with van der Waals surface area (Å²) in [6.45, 7) is 1.96. The highest BCUT2D eigenvalue weighted by Gasteiger charge is 2.26. The molecule has 0 aliphatic rings. The number of esters is 1. The fourth-order valence-corrected chi connectivity index (χ4v) is 4.28. The number of carboxylic acid groups (broad SMARTS) is 1. The third kappa shape index (κ3) is 5.79. The molecule has 10 heteroatoms. The van der Waals surface area contributed by atoms with E-state index in [0.717, 1.165) is 18.1 Å². The topological polar surface area (TPSA) is 128 Å². The molecule has 0 bridgehead atoms. The number of methoxy groups -OCH3 is 3. The molecule has 0 saturated carbocycles. The van der Waals surface area contributed by atoms with Crippen molar-refractivity contribution >= 4 is 33.7 Å². The molecule has 0 spiro atoms. The van der Waals surface area contributed by atoms with Crippen molar-refractivity contribution in [3.05, 3.63) is 53.1 Å². The van der Waals surface area contributed by atoms with Gasteiger partial charge in [0.2, 0.25) is 0 Å². The number of aryl methyl sites for hydroxylation is 1. The fourth-order valence-electron chi connectivity index (χ4n) is 2.98. The molecule has 32 heavy (non-hydrogen) atoms. The summed E-state index contributed by atoms with van der Waals surface area (Å²) in [4.78, 5) is 22.8. The number of carbonyl (C=O) groups excluding carboxylic acids is 1. The lowest BCUT2D eigenvalue weighted by molar-refractivity contribution is -0.134. The first-order valence-electron chi connectivity index (χ1n) is 9.57. The molecular weight excluding hydrogens is 438 g/mol. The maximum absolute atomic E-state index is 13.2. The molecule has 2 aromatic rings. The van der Waals surface area contributed by atoms with Crippen LogP contribution in [-0.4, -0.2) is 46.8 Å². The summed E-state index contributed by atoms with van der Waals surface area (Å²) in [7, 11) is -0.471. The molecule has 0 saturated heterocycles. The van der Waals surface area contributed by atoms with Gasteiger partial charge < -0.3 is 19.3 Å². The Bertz CT molecular complexity index is 1140. The molecule has 0 aromatic heterocycles. The molecule has 0 atom stereocenters. The molecule has 2 aromatic carbocycles. The molecule has 2 rings (SSSR count). The second-order valence-corrected chi connectivity index (χ2v) is 8.30. The lowest BCUT2D eigenvalue weighted by atomic mass is 10.1. The Morgan fingerprint density at radius 3 is 2.38 bits per heavy atom. The molecule has 0 aliphatic heterocycles. The Morgan fingerprint density at radius 1 is 1.09 bits per heavy atom. The fraction of sp³-hybridized carbons (Fsp3) is 0.273. The van der Waals surface area contributed by atoms with Crippen LogP contribution in [0.2, 0.25) is 0 Å². The van der Waals surface area contributed by atoms with E-state index in [4.69, 9.17) is 9.47 Å². The van der Waals surface area contributed by atoms with Crippen LogP contribution in [0.25, 0.3) is 6.08 Å². The summed E-state index contributed by atoms with van der Waals surface area (Å²) in [5.74, 6) is -1.85. The first-order chi connectivity index (χ1) is 15.2. The van der Waals surface area contributed by atoms with E-state index >= 15 is 0 Å². The SMILES string of the molecule is CCCc1ccc(NS(=O)(=O)c2cc(/C=C/C(=O)OC)cc(OC)c2OC)c(C(=O)O)c1. The molecule has 9 nitrogen and oxygen atoms in total. The third-order valence-electron chi connectivity index (χ3n) is 4.47. The van der Waals surface area contributed by atoms with Gasteiger partial charge in [-0.15, -0.1) is 0 Å². The number of hydrogen-bond acceptors (Lipinski definition) is 7. The predicted octanol–water partition coefficient (Wildman–Crippen LogP) is 3.34. The number of anilines is 1. The van der Waals surface area contributed by atoms with Crippen LogP contribution in [0, 0.1) is 0 Å². The molecule has 0 amide bonds. The van der Waals surface area contributed by atoms with Crippen molar-refractivity contribution in [1.82, 2.24) is 0 Å². The Morgan fingerprint density at radius 2 is 1.81 bits per heavy atom. The smallest absolute Gasteiger partial charge is 0.337 e. The Labute approximate surface area is 186 Å². The second kappa shape index (κ2) is 10.7. The van der Waals surface area contributed by atoms with E-state index < -0.39 is 22.0 Å². The van der Waals surface area contributed by atoms with E-state index in [1.165, 1.54) is 51.7 Å². The van der Waals surface area contributed by atoms with Crippen molar-refractivity contribution < 1.29 is 37.3 Å². The average molecular weight is 464 g/mol. The van der Waals surface area contributed by atoms with Crippen molar-refractivity contribution in [3.63, 3.8) is 0 Å². The summed E-state index contributed by atoms with van der Waals surface area (Å²) >= 11 is 0. The van der Waals surface area contributed by atoms with E-state index in [-0.39, 0.29) is 27.6 Å². The van der Waals surface area contributed by atoms with Gasteiger partial charge in [0.05, 0.1) is 32.6 Å². The number of aromatic carboxylic acids is 1. The van der Waals surface area contributed by atoms with Crippen molar-refractivity contribution in [2.24, 2.45) is 0 Å². The molecule has 0 aliphatic carbocycles. The van der Waals surface area contributed by atoms with E-state index in [1.807, 2.05) is 6.92 Å². The highest BCUT2D eigenvalue weighted by molar-refractivity contribution is 7.92. The number of benzene rings is 2. The number of hydrogen-bond donors (Lipinski definition) is 2. The summed E-state index contributed by atoms with van der Waals surface area (Å²) in [5, 5.41) is 9.57. The van der Waals surface area contributed by atoms with Gasteiger partial charge in [-0.05, 0) is 47.9 Å². The first-order valence-corrected chi connectivity index (χ1v) is 11.1. The van der Waals surface area contributed by atoms with Gasteiger partial charge in [0.25, 0.3) is 10.0 Å². The standard InChI is InChI=1S/C22H25NO8S/c1-5-6-14-7-9-17(16(11-14)22(25)26)23-32(27,28)19-13-15(8-10-20(24)30-3)12-18(29-2)21(19)31-4/h7-13,23H,5-6H2,1-4H3,(H,25,26)/b10-8+. The minimum atomic E-state index is -4.30. The molecule has 2 N–H and O–H groups in total. The largest absolute Gasteiger partial charge is 0.493 e. The van der Waals surface area contributed by atoms with Crippen molar-refractivity contribution in [2.75, 3.05) is 26.1 Å². The summed E-state index contributed by atoms with van der Waals surface area (Å²) in [5.41, 5.74) is 0.841. The maximum Gasteiger partial charge on any atom is 0.337 e. The highest BCUT2D eigenvalue weighted by atomic mass is 32.2. The van der Waals surface area contributed by atoms with Gasteiger partial charge in [-0.1, -0.05) is 19.4 Å². The molecular formula is C22H25NO8S. The van der Waals surface area contributed by atoms with E-state index in [9.17, 15) is 23.1 Å². The van der Waals surface area contributed by atoms with Gasteiger partial charge >= 0.3 is 11.9 Å². The van der Waals surface area contributed by atoms with Crippen LogP contribution in [0.3, 0.4) is 0 Å². The molecule has 0 radical (unpaired) electrons.